The lowest BCUT2D eigenvalue weighted by atomic mass is 9.85. The summed E-state index contributed by atoms with van der Waals surface area (Å²) in [5, 5.41) is 10.1. The summed E-state index contributed by atoms with van der Waals surface area (Å²) in [6.07, 6.45) is 0.738. The molecule has 0 saturated carbocycles. The van der Waals surface area contributed by atoms with Gasteiger partial charge in [0.1, 0.15) is 5.76 Å². The predicted molar refractivity (Wildman–Crippen MR) is 75.1 cm³/mol. The molecule has 0 aliphatic rings. The maximum absolute atomic E-state index is 12.1. The highest BCUT2D eigenvalue weighted by molar-refractivity contribution is 5.92. The third-order valence-electron chi connectivity index (χ3n) is 3.49. The maximum atomic E-state index is 12.1. The summed E-state index contributed by atoms with van der Waals surface area (Å²) in [6.45, 7) is 12.1. The minimum absolute atomic E-state index is 0.0248. The molecule has 1 rings (SSSR count). The van der Waals surface area contributed by atoms with Gasteiger partial charge in [-0.1, -0.05) is 32.9 Å². The number of aromatic nitrogens is 1. The topological polar surface area (TPSA) is 67.2 Å². The van der Waals surface area contributed by atoms with E-state index in [-0.39, 0.29) is 17.4 Å². The maximum Gasteiger partial charge on any atom is 0.273 e. The molecule has 2 N–H and O–H groups in total. The van der Waals surface area contributed by atoms with Gasteiger partial charge in [-0.2, -0.15) is 0 Å². The quantitative estimate of drug-likeness (QED) is 0.793. The smallest absolute Gasteiger partial charge is 0.273 e. The van der Waals surface area contributed by atoms with Gasteiger partial charge in [0.05, 0.1) is 0 Å². The molecule has 0 aliphatic carbocycles. The van der Waals surface area contributed by atoms with Crippen LogP contribution < -0.4 is 10.6 Å². The van der Waals surface area contributed by atoms with Gasteiger partial charge in [-0.3, -0.25) is 4.79 Å². The summed E-state index contributed by atoms with van der Waals surface area (Å²) >= 11 is 0. The molecule has 0 aliphatic heterocycles. The number of rotatable bonds is 7. The number of hydrogen-bond donors (Lipinski definition) is 2. The minimum Gasteiger partial charge on any atom is -0.361 e. The van der Waals surface area contributed by atoms with Crippen molar-refractivity contribution in [3.63, 3.8) is 0 Å². The third-order valence-corrected chi connectivity index (χ3v) is 3.49. The normalized spacial score (nSPS) is 13.3. The van der Waals surface area contributed by atoms with Gasteiger partial charge in [-0.05, 0) is 18.9 Å². The van der Waals surface area contributed by atoms with Crippen molar-refractivity contribution >= 4 is 5.91 Å². The molecule has 1 heterocycles. The molecular weight excluding hydrogens is 242 g/mol. The van der Waals surface area contributed by atoms with E-state index in [0.717, 1.165) is 25.3 Å². The first-order valence-corrected chi connectivity index (χ1v) is 6.87. The molecule has 5 nitrogen and oxygen atoms in total. The van der Waals surface area contributed by atoms with Gasteiger partial charge >= 0.3 is 0 Å². The Labute approximate surface area is 115 Å². The zero-order valence-corrected chi connectivity index (χ0v) is 12.5. The zero-order valence-electron chi connectivity index (χ0n) is 12.5. The Hall–Kier alpha value is -1.36. The highest BCUT2D eigenvalue weighted by atomic mass is 16.5. The van der Waals surface area contributed by atoms with Gasteiger partial charge in [0, 0.05) is 25.1 Å². The van der Waals surface area contributed by atoms with Gasteiger partial charge in [0.2, 0.25) is 0 Å². The summed E-state index contributed by atoms with van der Waals surface area (Å²) in [5.74, 6) is 0.547. The van der Waals surface area contributed by atoms with Crippen LogP contribution in [0.25, 0.3) is 0 Å². The Kier molecular flexibility index (Phi) is 5.54. The first kappa shape index (κ1) is 15.7. The van der Waals surface area contributed by atoms with Crippen molar-refractivity contribution in [2.45, 2.75) is 47.1 Å². The van der Waals surface area contributed by atoms with E-state index in [2.05, 4.69) is 36.6 Å². The number of hydrogen-bond acceptors (Lipinski definition) is 4. The van der Waals surface area contributed by atoms with Crippen molar-refractivity contribution in [1.29, 1.82) is 0 Å². The van der Waals surface area contributed by atoms with Crippen LogP contribution in [-0.4, -0.2) is 30.2 Å². The summed E-state index contributed by atoms with van der Waals surface area (Å²) in [5.41, 5.74) is 0.325. The number of nitrogens with zero attached hydrogens (tertiary/aromatic N) is 1. The molecule has 1 atom stereocenters. The second-order valence-electron chi connectivity index (χ2n) is 5.50. The van der Waals surface area contributed by atoms with E-state index in [9.17, 15) is 4.79 Å². The standard InChI is InChI=1S/C14H25N3O2/c1-6-11-8-12(17-19-11)13(18)16-10(3)14(4,5)9-15-7-2/h8,10,15H,6-7,9H2,1-5H3,(H,16,18). The number of carbonyl (C=O) groups excluding carboxylic acids is 1. The Bertz CT molecular complexity index is 413. The molecule has 1 amide bonds. The highest BCUT2D eigenvalue weighted by Crippen LogP contribution is 2.19. The molecule has 0 bridgehead atoms. The molecular formula is C14H25N3O2. The lowest BCUT2D eigenvalue weighted by Gasteiger charge is -2.32. The van der Waals surface area contributed by atoms with Crippen molar-refractivity contribution in [2.24, 2.45) is 5.41 Å². The molecule has 1 unspecified atom stereocenters. The summed E-state index contributed by atoms with van der Waals surface area (Å²) in [4.78, 5) is 12.1. The predicted octanol–water partition coefficient (Wildman–Crippen LogP) is 1.99. The summed E-state index contributed by atoms with van der Waals surface area (Å²) in [7, 11) is 0. The lowest BCUT2D eigenvalue weighted by Crippen LogP contribution is -2.47. The molecule has 0 fully saturated rings. The van der Waals surface area contributed by atoms with Gasteiger partial charge in [0.25, 0.3) is 5.91 Å². The fourth-order valence-electron chi connectivity index (χ4n) is 1.65. The molecule has 0 radical (unpaired) electrons. The first-order chi connectivity index (χ1) is 8.90. The van der Waals surface area contributed by atoms with Crippen LogP contribution in [0.15, 0.2) is 10.6 Å². The number of carbonyl (C=O) groups is 1. The van der Waals surface area contributed by atoms with Gasteiger partial charge in [-0.15, -0.1) is 0 Å². The lowest BCUT2D eigenvalue weighted by molar-refractivity contribution is 0.0894. The van der Waals surface area contributed by atoms with Crippen molar-refractivity contribution in [2.75, 3.05) is 13.1 Å². The van der Waals surface area contributed by atoms with Crippen molar-refractivity contribution in [3.8, 4) is 0 Å². The number of aryl methyl sites for hydroxylation is 1. The van der Waals surface area contributed by atoms with Crippen LogP contribution in [0.2, 0.25) is 0 Å². The second-order valence-corrected chi connectivity index (χ2v) is 5.50. The van der Waals surface area contributed by atoms with E-state index >= 15 is 0 Å². The average molecular weight is 267 g/mol. The van der Waals surface area contributed by atoms with Gasteiger partial charge in [-0.25, -0.2) is 0 Å². The molecule has 0 saturated heterocycles. The largest absolute Gasteiger partial charge is 0.361 e. The van der Waals surface area contributed by atoms with Gasteiger partial charge in [0.15, 0.2) is 5.69 Å². The van der Waals surface area contributed by atoms with Crippen LogP contribution in [0.4, 0.5) is 0 Å². The molecule has 19 heavy (non-hydrogen) atoms. The third kappa shape index (κ3) is 4.35. The molecule has 1 aromatic rings. The van der Waals surface area contributed by atoms with Crippen LogP contribution in [0.3, 0.4) is 0 Å². The van der Waals surface area contributed by atoms with Crippen LogP contribution in [0.5, 0.6) is 0 Å². The molecule has 0 spiro atoms. The fraction of sp³-hybridized carbons (Fsp3) is 0.714. The van der Waals surface area contributed by atoms with E-state index in [4.69, 9.17) is 4.52 Å². The Morgan fingerprint density at radius 2 is 2.16 bits per heavy atom. The second kappa shape index (κ2) is 6.70. The Morgan fingerprint density at radius 3 is 2.68 bits per heavy atom. The SMILES string of the molecule is CCNCC(C)(C)C(C)NC(=O)c1cc(CC)on1. The fourth-order valence-corrected chi connectivity index (χ4v) is 1.65. The molecule has 0 aromatic carbocycles. The minimum atomic E-state index is -0.180. The van der Waals surface area contributed by atoms with E-state index < -0.39 is 0 Å². The Morgan fingerprint density at radius 1 is 1.47 bits per heavy atom. The number of amides is 1. The summed E-state index contributed by atoms with van der Waals surface area (Å²) < 4.78 is 5.04. The Balaban J connectivity index is 2.60. The molecule has 5 heteroatoms. The molecule has 1 aromatic heterocycles. The van der Waals surface area contributed by atoms with Crippen LogP contribution in [0, 0.1) is 5.41 Å². The van der Waals surface area contributed by atoms with E-state index in [0.29, 0.717) is 5.69 Å². The van der Waals surface area contributed by atoms with E-state index in [1.165, 1.54) is 0 Å². The summed E-state index contributed by atoms with van der Waals surface area (Å²) in [6, 6.07) is 1.74. The van der Waals surface area contributed by atoms with Crippen LogP contribution in [-0.2, 0) is 6.42 Å². The monoisotopic (exact) mass is 267 g/mol. The zero-order chi connectivity index (χ0) is 14.5. The molecule has 108 valence electrons. The van der Waals surface area contributed by atoms with E-state index in [1.54, 1.807) is 6.07 Å². The number of nitrogens with one attached hydrogen (secondary N) is 2. The first-order valence-electron chi connectivity index (χ1n) is 6.87. The van der Waals surface area contributed by atoms with Crippen molar-refractivity contribution < 1.29 is 9.32 Å². The van der Waals surface area contributed by atoms with Crippen molar-refractivity contribution in [3.05, 3.63) is 17.5 Å². The van der Waals surface area contributed by atoms with Crippen LogP contribution >= 0.6 is 0 Å². The average Bonchev–Trinajstić information content (AvgIpc) is 2.85. The highest BCUT2D eigenvalue weighted by Gasteiger charge is 2.27. The van der Waals surface area contributed by atoms with Crippen molar-refractivity contribution in [1.82, 2.24) is 15.8 Å². The van der Waals surface area contributed by atoms with Gasteiger partial charge < -0.3 is 15.2 Å². The van der Waals surface area contributed by atoms with E-state index in [1.807, 2.05) is 13.8 Å². The van der Waals surface area contributed by atoms with Crippen LogP contribution in [0.1, 0.15) is 50.9 Å².